The summed E-state index contributed by atoms with van der Waals surface area (Å²) in [5, 5.41) is 1.25. The lowest BCUT2D eigenvalue weighted by Gasteiger charge is -2.36. The van der Waals surface area contributed by atoms with Crippen LogP contribution in [0.1, 0.15) is 49.2 Å². The molecule has 0 saturated heterocycles. The highest BCUT2D eigenvalue weighted by Crippen LogP contribution is 2.38. The molecule has 4 heteroatoms. The first-order valence-electron chi connectivity index (χ1n) is 10.0. The first-order valence-corrected chi connectivity index (χ1v) is 10.0. The summed E-state index contributed by atoms with van der Waals surface area (Å²) in [5.41, 5.74) is 7.38. The van der Waals surface area contributed by atoms with E-state index in [9.17, 15) is 4.39 Å². The quantitative estimate of drug-likeness (QED) is 0.531. The lowest BCUT2D eigenvalue weighted by atomic mass is 9.93. The third-order valence-corrected chi connectivity index (χ3v) is 6.13. The topological polar surface area (TPSA) is 21.1 Å². The Bertz CT molecular complexity index is 1070. The van der Waals surface area contributed by atoms with E-state index in [0.717, 1.165) is 30.9 Å². The average molecular weight is 378 g/mol. The van der Waals surface area contributed by atoms with E-state index in [2.05, 4.69) is 56.2 Å². The Morgan fingerprint density at radius 1 is 1.25 bits per heavy atom. The summed E-state index contributed by atoms with van der Waals surface area (Å²) in [7, 11) is 0. The third-order valence-electron chi connectivity index (χ3n) is 6.13. The fourth-order valence-corrected chi connectivity index (χ4v) is 4.36. The van der Waals surface area contributed by atoms with E-state index in [1.807, 2.05) is 12.3 Å². The average Bonchev–Trinajstić information content (AvgIpc) is 2.92. The Kier molecular flexibility index (Phi) is 4.74. The molecule has 1 aliphatic heterocycles. The predicted molar refractivity (Wildman–Crippen MR) is 115 cm³/mol. The van der Waals surface area contributed by atoms with Crippen LogP contribution < -0.4 is 4.90 Å². The highest BCUT2D eigenvalue weighted by Gasteiger charge is 2.28. The van der Waals surface area contributed by atoms with Crippen LogP contribution in [0.4, 0.5) is 10.2 Å². The van der Waals surface area contributed by atoms with Crippen LogP contribution in [-0.4, -0.2) is 16.1 Å². The van der Waals surface area contributed by atoms with E-state index in [1.54, 1.807) is 12.1 Å². The van der Waals surface area contributed by atoms with Gasteiger partial charge in [0.25, 0.3) is 0 Å². The van der Waals surface area contributed by atoms with Crippen LogP contribution >= 0.6 is 0 Å². The zero-order valence-electron chi connectivity index (χ0n) is 17.4. The normalized spacial score (nSPS) is 16.4. The molecule has 0 amide bonds. The van der Waals surface area contributed by atoms with Crippen molar-refractivity contribution in [2.75, 3.05) is 11.4 Å². The van der Waals surface area contributed by atoms with Gasteiger partial charge in [0.15, 0.2) is 5.82 Å². The SMILES string of the molecule is CC(C)=CCn1c(C)c(C)c2ccnc(N3CCc4ccc(F)cc4C3C)c21. The maximum Gasteiger partial charge on any atom is 0.153 e. The number of allylic oxidation sites excluding steroid dienone is 2. The molecule has 0 N–H and O–H groups in total. The summed E-state index contributed by atoms with van der Waals surface area (Å²) in [5.74, 6) is 0.829. The molecule has 0 aliphatic carbocycles. The number of nitrogens with zero attached hydrogens (tertiary/aromatic N) is 3. The summed E-state index contributed by atoms with van der Waals surface area (Å²) in [6.07, 6.45) is 5.07. The first kappa shape index (κ1) is 18.7. The number of aryl methyl sites for hydroxylation is 1. The number of hydrogen-bond acceptors (Lipinski definition) is 2. The molecule has 0 fully saturated rings. The summed E-state index contributed by atoms with van der Waals surface area (Å²) in [6.45, 7) is 12.5. The van der Waals surface area contributed by atoms with Crippen molar-refractivity contribution in [3.05, 3.63) is 70.3 Å². The van der Waals surface area contributed by atoms with Crippen molar-refractivity contribution < 1.29 is 4.39 Å². The van der Waals surface area contributed by atoms with Crippen LogP contribution in [0.3, 0.4) is 0 Å². The fourth-order valence-electron chi connectivity index (χ4n) is 4.36. The van der Waals surface area contributed by atoms with Crippen LogP contribution in [0.2, 0.25) is 0 Å². The molecule has 146 valence electrons. The molecule has 4 rings (SSSR count). The fraction of sp³-hybridized carbons (Fsp3) is 0.375. The summed E-state index contributed by atoms with van der Waals surface area (Å²) in [6, 6.07) is 7.38. The maximum absolute atomic E-state index is 13.9. The molecule has 0 radical (unpaired) electrons. The molecule has 0 saturated carbocycles. The third kappa shape index (κ3) is 3.01. The largest absolute Gasteiger partial charge is 0.348 e. The number of halogens is 1. The lowest BCUT2D eigenvalue weighted by Crippen LogP contribution is -2.35. The summed E-state index contributed by atoms with van der Waals surface area (Å²) < 4.78 is 16.3. The Hall–Kier alpha value is -2.62. The predicted octanol–water partition coefficient (Wildman–Crippen LogP) is 5.88. The van der Waals surface area contributed by atoms with Gasteiger partial charge in [0.1, 0.15) is 5.82 Å². The number of rotatable bonds is 3. The van der Waals surface area contributed by atoms with Gasteiger partial charge in [-0.3, -0.25) is 0 Å². The van der Waals surface area contributed by atoms with Crippen LogP contribution in [0.15, 0.2) is 42.1 Å². The highest BCUT2D eigenvalue weighted by atomic mass is 19.1. The Morgan fingerprint density at radius 2 is 2.04 bits per heavy atom. The van der Waals surface area contributed by atoms with Gasteiger partial charge in [0, 0.05) is 30.4 Å². The number of anilines is 1. The molecule has 3 aromatic rings. The van der Waals surface area contributed by atoms with Crippen LogP contribution in [-0.2, 0) is 13.0 Å². The van der Waals surface area contributed by atoms with Gasteiger partial charge < -0.3 is 9.47 Å². The first-order chi connectivity index (χ1) is 13.4. The van der Waals surface area contributed by atoms with E-state index in [4.69, 9.17) is 4.98 Å². The van der Waals surface area contributed by atoms with Gasteiger partial charge in [0.05, 0.1) is 11.6 Å². The van der Waals surface area contributed by atoms with Gasteiger partial charge in [-0.2, -0.15) is 0 Å². The number of benzene rings is 1. The molecule has 3 heterocycles. The van der Waals surface area contributed by atoms with E-state index >= 15 is 0 Å². The van der Waals surface area contributed by atoms with Crippen molar-refractivity contribution in [1.29, 1.82) is 0 Å². The van der Waals surface area contributed by atoms with E-state index in [1.165, 1.54) is 33.3 Å². The second-order valence-corrected chi connectivity index (χ2v) is 8.10. The van der Waals surface area contributed by atoms with E-state index in [0.29, 0.717) is 0 Å². The van der Waals surface area contributed by atoms with Crippen molar-refractivity contribution >= 4 is 16.7 Å². The Labute approximate surface area is 166 Å². The molecule has 0 bridgehead atoms. The van der Waals surface area contributed by atoms with E-state index < -0.39 is 0 Å². The molecule has 1 unspecified atom stereocenters. The zero-order valence-corrected chi connectivity index (χ0v) is 17.4. The van der Waals surface area contributed by atoms with Crippen LogP contribution in [0, 0.1) is 19.7 Å². The molecule has 3 nitrogen and oxygen atoms in total. The monoisotopic (exact) mass is 377 g/mol. The van der Waals surface area contributed by atoms with Crippen molar-refractivity contribution in [3.63, 3.8) is 0 Å². The number of pyridine rings is 1. The van der Waals surface area contributed by atoms with Crippen LogP contribution in [0.25, 0.3) is 10.9 Å². The minimum absolute atomic E-state index is 0.0879. The van der Waals surface area contributed by atoms with Gasteiger partial charge in [0.2, 0.25) is 0 Å². The molecule has 1 atom stereocenters. The van der Waals surface area contributed by atoms with Gasteiger partial charge in [-0.1, -0.05) is 17.7 Å². The van der Waals surface area contributed by atoms with Crippen molar-refractivity contribution in [2.45, 2.75) is 53.6 Å². The minimum atomic E-state index is -0.169. The zero-order chi connectivity index (χ0) is 20.0. The molecule has 2 aromatic heterocycles. The maximum atomic E-state index is 13.9. The molecule has 28 heavy (non-hydrogen) atoms. The summed E-state index contributed by atoms with van der Waals surface area (Å²) >= 11 is 0. The summed E-state index contributed by atoms with van der Waals surface area (Å²) in [4.78, 5) is 7.14. The Balaban J connectivity index is 1.87. The highest BCUT2D eigenvalue weighted by molar-refractivity contribution is 5.93. The van der Waals surface area contributed by atoms with E-state index in [-0.39, 0.29) is 11.9 Å². The Morgan fingerprint density at radius 3 is 2.79 bits per heavy atom. The standard InChI is InChI=1S/C24H28FN3/c1-15(2)9-12-27-17(4)16(3)21-8-11-26-24(23(21)27)28-13-10-19-6-7-20(25)14-22(19)18(28)5/h6-9,11,14,18H,10,12-13H2,1-5H3. The number of aromatic nitrogens is 2. The minimum Gasteiger partial charge on any atom is -0.348 e. The molecular weight excluding hydrogens is 349 g/mol. The molecule has 0 spiro atoms. The second kappa shape index (κ2) is 7.08. The lowest BCUT2D eigenvalue weighted by molar-refractivity contribution is 0.590. The van der Waals surface area contributed by atoms with Gasteiger partial charge in [-0.15, -0.1) is 0 Å². The smallest absolute Gasteiger partial charge is 0.153 e. The van der Waals surface area contributed by atoms with Crippen molar-refractivity contribution in [3.8, 4) is 0 Å². The molecule has 1 aromatic carbocycles. The van der Waals surface area contributed by atoms with Gasteiger partial charge in [-0.25, -0.2) is 9.37 Å². The molecular formula is C24H28FN3. The van der Waals surface area contributed by atoms with Crippen molar-refractivity contribution in [2.24, 2.45) is 0 Å². The molecule has 1 aliphatic rings. The van der Waals surface area contributed by atoms with Gasteiger partial charge in [-0.05, 0) is 75.9 Å². The second-order valence-electron chi connectivity index (χ2n) is 8.10. The van der Waals surface area contributed by atoms with Crippen LogP contribution in [0.5, 0.6) is 0 Å². The number of hydrogen-bond donors (Lipinski definition) is 0. The van der Waals surface area contributed by atoms with Crippen molar-refractivity contribution in [1.82, 2.24) is 9.55 Å². The number of fused-ring (bicyclic) bond motifs is 2. The van der Waals surface area contributed by atoms with Gasteiger partial charge >= 0.3 is 0 Å².